The van der Waals surface area contributed by atoms with Gasteiger partial charge in [0.1, 0.15) is 0 Å². The highest BCUT2D eigenvalue weighted by atomic mass is 16.5. The highest BCUT2D eigenvalue weighted by molar-refractivity contribution is 6.03. The van der Waals surface area contributed by atoms with Gasteiger partial charge in [-0.2, -0.15) is 5.10 Å². The van der Waals surface area contributed by atoms with Crippen LogP contribution in [-0.2, 0) is 4.74 Å². The van der Waals surface area contributed by atoms with Crippen molar-refractivity contribution in [2.24, 2.45) is 5.92 Å². The SMILES string of the molecule is O=C(c1cnn2ccncc12)C1CCOC1. The number of Topliss-reactive ketones (excluding diaryl/α,β-unsaturated/α-hetero) is 1. The summed E-state index contributed by atoms with van der Waals surface area (Å²) in [5, 5.41) is 4.13. The van der Waals surface area contributed by atoms with Gasteiger partial charge in [-0.3, -0.25) is 9.78 Å². The summed E-state index contributed by atoms with van der Waals surface area (Å²) in [5.41, 5.74) is 1.41. The van der Waals surface area contributed by atoms with E-state index in [-0.39, 0.29) is 11.7 Å². The molecule has 3 heterocycles. The van der Waals surface area contributed by atoms with Crippen LogP contribution in [0.2, 0.25) is 0 Å². The second-order valence-electron chi connectivity index (χ2n) is 3.89. The molecule has 0 spiro atoms. The van der Waals surface area contributed by atoms with Crippen LogP contribution in [0.1, 0.15) is 16.8 Å². The third-order valence-electron chi connectivity index (χ3n) is 2.89. The lowest BCUT2D eigenvalue weighted by atomic mass is 9.98. The molecular formula is C11H11N3O2. The van der Waals surface area contributed by atoms with Crippen LogP contribution < -0.4 is 0 Å². The minimum absolute atomic E-state index is 0.0202. The Labute approximate surface area is 92.1 Å². The number of carbonyl (C=O) groups is 1. The lowest BCUT2D eigenvalue weighted by Crippen LogP contribution is -2.14. The van der Waals surface area contributed by atoms with Gasteiger partial charge in [-0.1, -0.05) is 0 Å². The van der Waals surface area contributed by atoms with E-state index in [1.54, 1.807) is 29.3 Å². The quantitative estimate of drug-likeness (QED) is 0.703. The van der Waals surface area contributed by atoms with E-state index in [1.165, 1.54) is 0 Å². The summed E-state index contributed by atoms with van der Waals surface area (Å²) in [6.07, 6.45) is 7.45. The molecule has 1 atom stereocenters. The summed E-state index contributed by atoms with van der Waals surface area (Å²) in [6, 6.07) is 0. The van der Waals surface area contributed by atoms with Crippen molar-refractivity contribution in [2.45, 2.75) is 6.42 Å². The first kappa shape index (κ1) is 9.47. The average molecular weight is 217 g/mol. The van der Waals surface area contributed by atoms with E-state index < -0.39 is 0 Å². The smallest absolute Gasteiger partial charge is 0.172 e. The van der Waals surface area contributed by atoms with Crippen LogP contribution in [0.3, 0.4) is 0 Å². The molecule has 1 aliphatic heterocycles. The average Bonchev–Trinajstić information content (AvgIpc) is 2.98. The largest absolute Gasteiger partial charge is 0.381 e. The standard InChI is InChI=1S/C11H11N3O2/c15-11(8-1-4-16-7-8)9-5-13-14-3-2-12-6-10(9)14/h2-3,5-6,8H,1,4,7H2. The summed E-state index contributed by atoms with van der Waals surface area (Å²) in [5.74, 6) is 0.0914. The van der Waals surface area contributed by atoms with E-state index in [1.807, 2.05) is 0 Å². The summed E-state index contributed by atoms with van der Waals surface area (Å²) < 4.78 is 6.89. The first-order valence-corrected chi connectivity index (χ1v) is 5.25. The molecule has 2 aromatic heterocycles. The number of nitrogens with zero attached hydrogens (tertiary/aromatic N) is 3. The molecule has 0 saturated carbocycles. The molecular weight excluding hydrogens is 206 g/mol. The first-order valence-electron chi connectivity index (χ1n) is 5.25. The van der Waals surface area contributed by atoms with Gasteiger partial charge < -0.3 is 4.74 Å². The summed E-state index contributed by atoms with van der Waals surface area (Å²) >= 11 is 0. The molecule has 1 aliphatic rings. The van der Waals surface area contributed by atoms with Crippen molar-refractivity contribution in [1.82, 2.24) is 14.6 Å². The Morgan fingerprint density at radius 2 is 2.44 bits per heavy atom. The van der Waals surface area contributed by atoms with Crippen molar-refractivity contribution in [3.8, 4) is 0 Å². The van der Waals surface area contributed by atoms with Gasteiger partial charge in [-0.15, -0.1) is 0 Å². The lowest BCUT2D eigenvalue weighted by molar-refractivity contribution is 0.0902. The summed E-state index contributed by atoms with van der Waals surface area (Å²) in [4.78, 5) is 16.2. The molecule has 0 radical (unpaired) electrons. The van der Waals surface area contributed by atoms with Gasteiger partial charge in [0.25, 0.3) is 0 Å². The van der Waals surface area contributed by atoms with Crippen LogP contribution in [0.5, 0.6) is 0 Å². The Morgan fingerprint density at radius 1 is 1.50 bits per heavy atom. The molecule has 0 N–H and O–H groups in total. The molecule has 3 rings (SSSR count). The van der Waals surface area contributed by atoms with Gasteiger partial charge in [-0.05, 0) is 6.42 Å². The summed E-state index contributed by atoms with van der Waals surface area (Å²) in [7, 11) is 0. The summed E-state index contributed by atoms with van der Waals surface area (Å²) in [6.45, 7) is 1.20. The second kappa shape index (κ2) is 3.68. The number of fused-ring (bicyclic) bond motifs is 1. The fourth-order valence-electron chi connectivity index (χ4n) is 1.99. The maximum atomic E-state index is 12.2. The number of carbonyl (C=O) groups excluding carboxylic acids is 1. The van der Waals surface area contributed by atoms with Crippen LogP contribution in [0.25, 0.3) is 5.52 Å². The van der Waals surface area contributed by atoms with Crippen molar-refractivity contribution in [3.05, 3.63) is 30.4 Å². The number of rotatable bonds is 2. The molecule has 16 heavy (non-hydrogen) atoms. The maximum absolute atomic E-state index is 12.2. The van der Waals surface area contributed by atoms with Crippen molar-refractivity contribution in [1.29, 1.82) is 0 Å². The molecule has 0 amide bonds. The minimum atomic E-state index is -0.0202. The van der Waals surface area contributed by atoms with E-state index in [0.29, 0.717) is 18.8 Å². The Bertz CT molecular complexity index is 529. The van der Waals surface area contributed by atoms with Gasteiger partial charge in [-0.25, -0.2) is 4.52 Å². The molecule has 0 aromatic carbocycles. The molecule has 2 aromatic rings. The van der Waals surface area contributed by atoms with Crippen molar-refractivity contribution in [3.63, 3.8) is 0 Å². The first-order chi connectivity index (χ1) is 7.86. The minimum Gasteiger partial charge on any atom is -0.381 e. The zero-order valence-electron chi connectivity index (χ0n) is 8.67. The molecule has 82 valence electrons. The molecule has 1 unspecified atom stereocenters. The Kier molecular flexibility index (Phi) is 2.18. The third-order valence-corrected chi connectivity index (χ3v) is 2.89. The predicted molar refractivity (Wildman–Crippen MR) is 56.2 cm³/mol. The zero-order chi connectivity index (χ0) is 11.0. The number of ether oxygens (including phenoxy) is 1. The van der Waals surface area contributed by atoms with E-state index in [4.69, 9.17) is 4.74 Å². The Hall–Kier alpha value is -1.75. The monoisotopic (exact) mass is 217 g/mol. The molecule has 0 aliphatic carbocycles. The number of aromatic nitrogens is 3. The molecule has 1 fully saturated rings. The number of hydrogen-bond acceptors (Lipinski definition) is 4. The van der Waals surface area contributed by atoms with Crippen LogP contribution in [0.4, 0.5) is 0 Å². The van der Waals surface area contributed by atoms with Crippen molar-refractivity contribution < 1.29 is 9.53 Å². The van der Waals surface area contributed by atoms with Crippen molar-refractivity contribution >= 4 is 11.3 Å². The van der Waals surface area contributed by atoms with Gasteiger partial charge in [0, 0.05) is 24.9 Å². The van der Waals surface area contributed by atoms with E-state index in [9.17, 15) is 4.79 Å². The Balaban J connectivity index is 2.02. The fourth-order valence-corrected chi connectivity index (χ4v) is 1.99. The highest BCUT2D eigenvalue weighted by Gasteiger charge is 2.26. The molecule has 1 saturated heterocycles. The van der Waals surface area contributed by atoms with E-state index >= 15 is 0 Å². The van der Waals surface area contributed by atoms with Gasteiger partial charge in [0.05, 0.1) is 30.1 Å². The van der Waals surface area contributed by atoms with Gasteiger partial charge in [0.15, 0.2) is 5.78 Å². The van der Waals surface area contributed by atoms with E-state index in [2.05, 4.69) is 10.1 Å². The third kappa shape index (κ3) is 1.40. The number of hydrogen-bond donors (Lipinski definition) is 0. The van der Waals surface area contributed by atoms with Crippen molar-refractivity contribution in [2.75, 3.05) is 13.2 Å². The molecule has 5 heteroatoms. The van der Waals surface area contributed by atoms with E-state index in [0.717, 1.165) is 11.9 Å². The highest BCUT2D eigenvalue weighted by Crippen LogP contribution is 2.20. The van der Waals surface area contributed by atoms with Gasteiger partial charge in [0.2, 0.25) is 0 Å². The topological polar surface area (TPSA) is 56.5 Å². The normalized spacial score (nSPS) is 20.4. The Morgan fingerprint density at radius 3 is 3.25 bits per heavy atom. The van der Waals surface area contributed by atoms with Gasteiger partial charge >= 0.3 is 0 Å². The van der Waals surface area contributed by atoms with Crippen LogP contribution in [0.15, 0.2) is 24.8 Å². The van der Waals surface area contributed by atoms with Crippen LogP contribution in [-0.4, -0.2) is 33.6 Å². The second-order valence-corrected chi connectivity index (χ2v) is 3.89. The van der Waals surface area contributed by atoms with Crippen LogP contribution in [0, 0.1) is 5.92 Å². The maximum Gasteiger partial charge on any atom is 0.172 e. The lowest BCUT2D eigenvalue weighted by Gasteiger charge is -2.04. The van der Waals surface area contributed by atoms with Crippen LogP contribution >= 0.6 is 0 Å². The zero-order valence-corrected chi connectivity index (χ0v) is 8.67. The fraction of sp³-hybridized carbons (Fsp3) is 0.364. The predicted octanol–water partition coefficient (Wildman–Crippen LogP) is 0.949. The molecule has 5 nitrogen and oxygen atoms in total. The number of ketones is 1. The molecule has 0 bridgehead atoms.